The van der Waals surface area contributed by atoms with Crippen LogP contribution >= 0.6 is 0 Å². The van der Waals surface area contributed by atoms with Crippen LogP contribution in [-0.4, -0.2) is 90.8 Å². The highest BCUT2D eigenvalue weighted by molar-refractivity contribution is 5.97. The Bertz CT molecular complexity index is 1050. The number of carbonyl (C=O) groups excluding carboxylic acids is 2. The number of fused-ring (bicyclic) bond motifs is 2. The van der Waals surface area contributed by atoms with Crippen molar-refractivity contribution in [1.29, 1.82) is 0 Å². The molecule has 0 unspecified atom stereocenters. The summed E-state index contributed by atoms with van der Waals surface area (Å²) in [4.78, 5) is 25.7. The molecule has 2 aliphatic heterocycles. The number of benzene rings is 2. The summed E-state index contributed by atoms with van der Waals surface area (Å²) < 4.78 is 45.1. The van der Waals surface area contributed by atoms with Gasteiger partial charge in [-0.25, -0.2) is 0 Å². The SMILES string of the molecule is O=C(CCCCCCCC(=O)c1ccc2c(c1)OCCOCCOCCO2)c1ccc2c(c1)OCCOCCOCCO2. The smallest absolute Gasteiger partial charge is 0.163 e. The molecule has 0 bridgehead atoms. The maximum Gasteiger partial charge on any atom is 0.163 e. The van der Waals surface area contributed by atoms with E-state index in [1.165, 1.54) is 0 Å². The summed E-state index contributed by atoms with van der Waals surface area (Å²) in [5.74, 6) is 2.44. The second-order valence-corrected chi connectivity index (χ2v) is 10.3. The highest BCUT2D eigenvalue weighted by Gasteiger charge is 2.14. The van der Waals surface area contributed by atoms with Crippen molar-refractivity contribution >= 4 is 11.6 Å². The van der Waals surface area contributed by atoms with Gasteiger partial charge in [0.2, 0.25) is 0 Å². The van der Waals surface area contributed by atoms with E-state index in [1.807, 2.05) is 0 Å². The van der Waals surface area contributed by atoms with Crippen LogP contribution in [0.15, 0.2) is 36.4 Å². The summed E-state index contributed by atoms with van der Waals surface area (Å²) in [5.41, 5.74) is 1.22. The molecule has 0 atom stereocenters. The number of Topliss-reactive ketones (excluding diaryl/α,β-unsaturated/α-hetero) is 2. The summed E-state index contributed by atoms with van der Waals surface area (Å²) in [5, 5.41) is 0. The third kappa shape index (κ3) is 11.8. The summed E-state index contributed by atoms with van der Waals surface area (Å²) in [6.07, 6.45) is 5.34. The van der Waals surface area contributed by atoms with Gasteiger partial charge in [0.1, 0.15) is 26.4 Å². The van der Waals surface area contributed by atoms with Gasteiger partial charge in [0, 0.05) is 24.0 Å². The van der Waals surface area contributed by atoms with E-state index in [0.29, 0.717) is 126 Å². The number of ether oxygens (including phenoxy) is 8. The third-order valence-electron chi connectivity index (χ3n) is 7.02. The molecule has 0 radical (unpaired) electrons. The molecule has 0 fully saturated rings. The van der Waals surface area contributed by atoms with Crippen molar-refractivity contribution in [3.63, 3.8) is 0 Å². The summed E-state index contributed by atoms with van der Waals surface area (Å²) >= 11 is 0. The van der Waals surface area contributed by atoms with E-state index in [1.54, 1.807) is 36.4 Å². The third-order valence-corrected chi connectivity index (χ3v) is 7.02. The minimum absolute atomic E-state index is 0.0778. The largest absolute Gasteiger partial charge is 0.487 e. The van der Waals surface area contributed by atoms with Crippen molar-refractivity contribution in [3.05, 3.63) is 47.5 Å². The quantitative estimate of drug-likeness (QED) is 0.270. The van der Waals surface area contributed by atoms with Gasteiger partial charge in [-0.3, -0.25) is 9.59 Å². The molecule has 0 aliphatic carbocycles. The van der Waals surface area contributed by atoms with E-state index < -0.39 is 0 Å². The van der Waals surface area contributed by atoms with Crippen molar-refractivity contribution in [2.75, 3.05) is 79.3 Å². The Balaban J connectivity index is 1.15. The van der Waals surface area contributed by atoms with Crippen LogP contribution in [0.3, 0.4) is 0 Å². The Morgan fingerprint density at radius 1 is 0.419 bits per heavy atom. The highest BCUT2D eigenvalue weighted by Crippen LogP contribution is 2.30. The highest BCUT2D eigenvalue weighted by atomic mass is 16.6. The van der Waals surface area contributed by atoms with Crippen LogP contribution in [0.4, 0.5) is 0 Å². The van der Waals surface area contributed by atoms with Gasteiger partial charge in [0.25, 0.3) is 0 Å². The van der Waals surface area contributed by atoms with Gasteiger partial charge in [-0.05, 0) is 49.2 Å². The van der Waals surface area contributed by atoms with Gasteiger partial charge in [-0.15, -0.1) is 0 Å². The van der Waals surface area contributed by atoms with Crippen LogP contribution < -0.4 is 18.9 Å². The van der Waals surface area contributed by atoms with E-state index >= 15 is 0 Å². The maximum atomic E-state index is 12.8. The van der Waals surface area contributed by atoms with Crippen LogP contribution in [-0.2, 0) is 18.9 Å². The molecule has 10 nitrogen and oxygen atoms in total. The molecule has 2 heterocycles. The first-order chi connectivity index (χ1) is 21.2. The molecule has 2 aliphatic rings. The van der Waals surface area contributed by atoms with Crippen LogP contribution in [0.5, 0.6) is 23.0 Å². The average molecular weight is 601 g/mol. The second-order valence-electron chi connectivity index (χ2n) is 10.3. The van der Waals surface area contributed by atoms with E-state index in [2.05, 4.69) is 0 Å². The van der Waals surface area contributed by atoms with Crippen LogP contribution in [0.1, 0.15) is 65.7 Å². The fourth-order valence-corrected chi connectivity index (χ4v) is 4.70. The monoisotopic (exact) mass is 600 g/mol. The molecule has 0 amide bonds. The van der Waals surface area contributed by atoms with E-state index in [9.17, 15) is 9.59 Å². The first-order valence-electron chi connectivity index (χ1n) is 15.4. The van der Waals surface area contributed by atoms with Crippen molar-refractivity contribution in [1.82, 2.24) is 0 Å². The zero-order chi connectivity index (χ0) is 30.0. The lowest BCUT2D eigenvalue weighted by atomic mass is 10.0. The van der Waals surface area contributed by atoms with E-state index in [-0.39, 0.29) is 11.6 Å². The lowest BCUT2D eigenvalue weighted by Gasteiger charge is -2.16. The molecule has 43 heavy (non-hydrogen) atoms. The van der Waals surface area contributed by atoms with Gasteiger partial charge < -0.3 is 37.9 Å². The Labute approximate surface area is 253 Å². The molecule has 0 saturated carbocycles. The van der Waals surface area contributed by atoms with Crippen molar-refractivity contribution < 1.29 is 47.5 Å². The summed E-state index contributed by atoms with van der Waals surface area (Å²) in [6, 6.07) is 10.6. The molecule has 0 N–H and O–H groups in total. The standard InChI is InChI=1S/C33H44O10/c34-28(26-8-10-30-32(24-26)42-22-18-38-14-12-36-16-20-40-30)6-4-2-1-3-5-7-29(35)27-9-11-31-33(25-27)43-23-19-39-15-13-37-17-21-41-31/h8-11,24-25H,1-7,12-23H2. The number of carbonyl (C=O) groups is 2. The lowest BCUT2D eigenvalue weighted by molar-refractivity contribution is 0.0223. The normalized spacial score (nSPS) is 16.9. The first kappa shape index (κ1) is 32.7. The minimum Gasteiger partial charge on any atom is -0.487 e. The number of ketones is 2. The average Bonchev–Trinajstić information content (AvgIpc) is 3.01. The molecule has 4 rings (SSSR count). The Hall–Kier alpha value is -3.18. The molecular weight excluding hydrogens is 556 g/mol. The van der Waals surface area contributed by atoms with Gasteiger partial charge in [0.15, 0.2) is 34.6 Å². The van der Waals surface area contributed by atoms with Gasteiger partial charge in [0.05, 0.1) is 52.9 Å². The van der Waals surface area contributed by atoms with Crippen LogP contribution in [0.25, 0.3) is 0 Å². The molecule has 0 spiro atoms. The van der Waals surface area contributed by atoms with Gasteiger partial charge in [-0.1, -0.05) is 19.3 Å². The Kier molecular flexibility index (Phi) is 14.6. The van der Waals surface area contributed by atoms with Crippen molar-refractivity contribution in [2.24, 2.45) is 0 Å². The Morgan fingerprint density at radius 2 is 0.744 bits per heavy atom. The molecule has 236 valence electrons. The number of hydrogen-bond donors (Lipinski definition) is 0. The zero-order valence-electron chi connectivity index (χ0n) is 25.0. The Morgan fingerprint density at radius 3 is 1.14 bits per heavy atom. The predicted molar refractivity (Wildman–Crippen MR) is 159 cm³/mol. The van der Waals surface area contributed by atoms with Crippen molar-refractivity contribution in [3.8, 4) is 23.0 Å². The first-order valence-corrected chi connectivity index (χ1v) is 15.4. The topological polar surface area (TPSA) is 108 Å². The number of unbranched alkanes of at least 4 members (excludes halogenated alkanes) is 4. The van der Waals surface area contributed by atoms with Gasteiger partial charge >= 0.3 is 0 Å². The van der Waals surface area contributed by atoms with E-state index in [4.69, 9.17) is 37.9 Å². The van der Waals surface area contributed by atoms with E-state index in [0.717, 1.165) is 32.1 Å². The van der Waals surface area contributed by atoms with Crippen LogP contribution in [0, 0.1) is 0 Å². The molecular formula is C33H44O10. The molecule has 2 aromatic rings. The second kappa shape index (κ2) is 19.2. The molecule has 10 heteroatoms. The molecule has 0 aromatic heterocycles. The minimum atomic E-state index is 0.0778. The summed E-state index contributed by atoms with van der Waals surface area (Å²) in [6.45, 7) is 5.42. The van der Waals surface area contributed by atoms with Crippen LogP contribution in [0.2, 0.25) is 0 Å². The molecule has 0 saturated heterocycles. The fraction of sp³-hybridized carbons (Fsp3) is 0.576. The van der Waals surface area contributed by atoms with Gasteiger partial charge in [-0.2, -0.15) is 0 Å². The predicted octanol–water partition coefficient (Wildman–Crippen LogP) is 5.09. The van der Waals surface area contributed by atoms with Crippen molar-refractivity contribution in [2.45, 2.75) is 44.9 Å². The lowest BCUT2D eigenvalue weighted by Crippen LogP contribution is -2.16. The molecule has 2 aromatic carbocycles. The zero-order valence-corrected chi connectivity index (χ0v) is 25.0. The fourth-order valence-electron chi connectivity index (χ4n) is 4.70. The number of hydrogen-bond acceptors (Lipinski definition) is 10. The number of rotatable bonds is 10. The maximum absolute atomic E-state index is 12.8. The summed E-state index contributed by atoms with van der Waals surface area (Å²) in [7, 11) is 0.